The first-order valence-electron chi connectivity index (χ1n) is 5.39. The molecule has 0 unspecified atom stereocenters. The highest BCUT2D eigenvalue weighted by molar-refractivity contribution is 5.99. The summed E-state index contributed by atoms with van der Waals surface area (Å²) in [5.41, 5.74) is 10.9. The quantitative estimate of drug-likeness (QED) is 0.744. The molecule has 98 valence electrons. The van der Waals surface area contributed by atoms with Crippen LogP contribution in [0.3, 0.4) is 0 Å². The van der Waals surface area contributed by atoms with Crippen molar-refractivity contribution in [2.75, 3.05) is 11.1 Å². The number of hydrogen-bond donors (Lipinski definition) is 3. The molecule has 0 heterocycles. The molecule has 0 aliphatic rings. The Bertz CT molecular complexity index is 644. The average molecular weight is 263 g/mol. The lowest BCUT2D eigenvalue weighted by Gasteiger charge is -2.10. The van der Waals surface area contributed by atoms with Crippen molar-refractivity contribution in [2.45, 2.75) is 0 Å². The lowest BCUT2D eigenvalue weighted by atomic mass is 10.1. The van der Waals surface area contributed by atoms with Gasteiger partial charge in [0.2, 0.25) is 0 Å². The molecule has 0 bridgehead atoms. The fourth-order valence-electron chi connectivity index (χ4n) is 1.62. The number of rotatable bonds is 3. The average Bonchev–Trinajstić information content (AvgIpc) is 2.32. The van der Waals surface area contributed by atoms with Crippen molar-refractivity contribution in [3.8, 4) is 0 Å². The maximum absolute atomic E-state index is 13.7. The normalized spacial score (nSPS) is 10.2. The van der Waals surface area contributed by atoms with E-state index in [4.69, 9.17) is 11.5 Å². The second-order valence-electron chi connectivity index (χ2n) is 3.92. The summed E-state index contributed by atoms with van der Waals surface area (Å²) in [6.45, 7) is 0. The standard InChI is InChI=1S/C13H11F2N3O/c14-7-2-1-3-8(4-7)18-12-5-9(13(17)19)11(16)6-10(12)15/h1-6,18H,16H2,(H2,17,19). The van der Waals surface area contributed by atoms with Gasteiger partial charge in [-0.2, -0.15) is 0 Å². The Balaban J connectivity index is 2.40. The third-order valence-electron chi connectivity index (χ3n) is 2.51. The van der Waals surface area contributed by atoms with Crippen molar-refractivity contribution in [1.82, 2.24) is 0 Å². The maximum atomic E-state index is 13.7. The zero-order chi connectivity index (χ0) is 14.0. The molecule has 5 N–H and O–H groups in total. The summed E-state index contributed by atoms with van der Waals surface area (Å²) in [5.74, 6) is -1.89. The number of carbonyl (C=O) groups excluding carboxylic acids is 1. The molecule has 0 atom stereocenters. The van der Waals surface area contributed by atoms with E-state index in [1.54, 1.807) is 6.07 Å². The number of benzene rings is 2. The number of halogens is 2. The topological polar surface area (TPSA) is 81.1 Å². The van der Waals surface area contributed by atoms with Crippen LogP contribution in [0.15, 0.2) is 36.4 Å². The van der Waals surface area contributed by atoms with Gasteiger partial charge in [-0.05, 0) is 30.3 Å². The van der Waals surface area contributed by atoms with E-state index < -0.39 is 17.5 Å². The van der Waals surface area contributed by atoms with E-state index in [1.807, 2.05) is 0 Å². The Morgan fingerprint density at radius 3 is 2.53 bits per heavy atom. The summed E-state index contributed by atoms with van der Waals surface area (Å²) in [4.78, 5) is 11.1. The molecule has 0 aliphatic heterocycles. The lowest BCUT2D eigenvalue weighted by Crippen LogP contribution is -2.14. The molecule has 2 aromatic rings. The molecule has 0 radical (unpaired) electrons. The summed E-state index contributed by atoms with van der Waals surface area (Å²) < 4.78 is 26.7. The van der Waals surface area contributed by atoms with E-state index >= 15 is 0 Å². The van der Waals surface area contributed by atoms with Crippen LogP contribution in [0.5, 0.6) is 0 Å². The van der Waals surface area contributed by atoms with Crippen molar-refractivity contribution < 1.29 is 13.6 Å². The zero-order valence-electron chi connectivity index (χ0n) is 9.78. The van der Waals surface area contributed by atoms with Crippen molar-refractivity contribution in [2.24, 2.45) is 5.73 Å². The predicted molar refractivity (Wildman–Crippen MR) is 69.0 cm³/mol. The molecule has 0 saturated carbocycles. The summed E-state index contributed by atoms with van der Waals surface area (Å²) in [6, 6.07) is 7.67. The number of anilines is 3. The molecule has 0 spiro atoms. The van der Waals surface area contributed by atoms with Crippen LogP contribution >= 0.6 is 0 Å². The Hall–Kier alpha value is -2.63. The van der Waals surface area contributed by atoms with E-state index in [-0.39, 0.29) is 16.9 Å². The largest absolute Gasteiger partial charge is 0.398 e. The minimum atomic E-state index is -0.764. The highest BCUT2D eigenvalue weighted by atomic mass is 19.1. The molecule has 6 heteroatoms. The summed E-state index contributed by atoms with van der Waals surface area (Å²) in [7, 11) is 0. The van der Waals surface area contributed by atoms with Gasteiger partial charge in [-0.1, -0.05) is 6.07 Å². The number of primary amides is 1. The third kappa shape index (κ3) is 2.79. The molecular formula is C13H11F2N3O. The van der Waals surface area contributed by atoms with E-state index in [2.05, 4.69) is 5.32 Å². The number of nitrogens with two attached hydrogens (primary N) is 2. The van der Waals surface area contributed by atoms with Crippen LogP contribution in [0, 0.1) is 11.6 Å². The third-order valence-corrected chi connectivity index (χ3v) is 2.51. The lowest BCUT2D eigenvalue weighted by molar-refractivity contribution is 0.100. The van der Waals surface area contributed by atoms with Crippen molar-refractivity contribution in [1.29, 1.82) is 0 Å². The first-order chi connectivity index (χ1) is 8.97. The van der Waals surface area contributed by atoms with E-state index in [0.29, 0.717) is 5.69 Å². The van der Waals surface area contributed by atoms with Crippen LogP contribution in [-0.2, 0) is 0 Å². The Kier molecular flexibility index (Phi) is 3.33. The molecule has 0 fully saturated rings. The van der Waals surface area contributed by atoms with Gasteiger partial charge in [-0.25, -0.2) is 8.78 Å². The minimum absolute atomic E-state index is 0.000281. The molecule has 1 amide bonds. The SMILES string of the molecule is NC(=O)c1cc(Nc2cccc(F)c2)c(F)cc1N. The van der Waals surface area contributed by atoms with Crippen molar-refractivity contribution in [3.05, 3.63) is 53.6 Å². The predicted octanol–water partition coefficient (Wildman–Crippen LogP) is 2.39. The number of nitrogen functional groups attached to an aromatic ring is 1. The van der Waals surface area contributed by atoms with Crippen molar-refractivity contribution in [3.63, 3.8) is 0 Å². The smallest absolute Gasteiger partial charge is 0.250 e. The maximum Gasteiger partial charge on any atom is 0.250 e. The van der Waals surface area contributed by atoms with Gasteiger partial charge >= 0.3 is 0 Å². The van der Waals surface area contributed by atoms with Crippen LogP contribution in [0.4, 0.5) is 25.8 Å². The van der Waals surface area contributed by atoms with Crippen LogP contribution in [0.25, 0.3) is 0 Å². The molecule has 0 saturated heterocycles. The number of nitrogens with one attached hydrogen (secondary N) is 1. The fourth-order valence-corrected chi connectivity index (χ4v) is 1.62. The molecule has 19 heavy (non-hydrogen) atoms. The summed E-state index contributed by atoms with van der Waals surface area (Å²) in [6.07, 6.45) is 0. The van der Waals surface area contributed by atoms with Crippen LogP contribution < -0.4 is 16.8 Å². The van der Waals surface area contributed by atoms with Crippen LogP contribution in [0.1, 0.15) is 10.4 Å². The number of carbonyl (C=O) groups is 1. The van der Waals surface area contributed by atoms with Gasteiger partial charge in [-0.15, -0.1) is 0 Å². The molecule has 4 nitrogen and oxygen atoms in total. The molecule has 2 rings (SSSR count). The van der Waals surface area contributed by atoms with Gasteiger partial charge in [0.25, 0.3) is 5.91 Å². The monoisotopic (exact) mass is 263 g/mol. The Morgan fingerprint density at radius 1 is 1.16 bits per heavy atom. The molecule has 0 aliphatic carbocycles. The summed E-state index contributed by atoms with van der Waals surface area (Å²) >= 11 is 0. The first-order valence-corrected chi connectivity index (χ1v) is 5.39. The number of amides is 1. The van der Waals surface area contributed by atoms with Gasteiger partial charge in [0.05, 0.1) is 11.3 Å². The Morgan fingerprint density at radius 2 is 1.89 bits per heavy atom. The van der Waals surface area contributed by atoms with Crippen LogP contribution in [0.2, 0.25) is 0 Å². The van der Waals surface area contributed by atoms with E-state index in [1.165, 1.54) is 24.3 Å². The van der Waals surface area contributed by atoms with Gasteiger partial charge in [-0.3, -0.25) is 4.79 Å². The highest BCUT2D eigenvalue weighted by Gasteiger charge is 2.12. The van der Waals surface area contributed by atoms with Gasteiger partial charge in [0.15, 0.2) is 0 Å². The number of hydrogen-bond acceptors (Lipinski definition) is 3. The van der Waals surface area contributed by atoms with Gasteiger partial charge < -0.3 is 16.8 Å². The highest BCUT2D eigenvalue weighted by Crippen LogP contribution is 2.25. The second-order valence-corrected chi connectivity index (χ2v) is 3.92. The molecular weight excluding hydrogens is 252 g/mol. The summed E-state index contributed by atoms with van der Waals surface area (Å²) in [5, 5.41) is 2.66. The first kappa shape index (κ1) is 12.8. The van der Waals surface area contributed by atoms with Gasteiger partial charge in [0.1, 0.15) is 11.6 Å². The minimum Gasteiger partial charge on any atom is -0.398 e. The zero-order valence-corrected chi connectivity index (χ0v) is 9.78. The van der Waals surface area contributed by atoms with Gasteiger partial charge in [0, 0.05) is 11.4 Å². The Labute approximate surface area is 108 Å². The van der Waals surface area contributed by atoms with Crippen molar-refractivity contribution >= 4 is 23.0 Å². The van der Waals surface area contributed by atoms with Crippen LogP contribution in [-0.4, -0.2) is 5.91 Å². The second kappa shape index (κ2) is 4.93. The van der Waals surface area contributed by atoms with E-state index in [0.717, 1.165) is 6.07 Å². The fraction of sp³-hybridized carbons (Fsp3) is 0. The van der Waals surface area contributed by atoms with E-state index in [9.17, 15) is 13.6 Å². The molecule has 2 aromatic carbocycles. The molecule has 0 aromatic heterocycles.